The molecule has 1 aromatic carbocycles. The molecule has 7 nitrogen and oxygen atoms in total. The molecule has 0 atom stereocenters. The Morgan fingerprint density at radius 2 is 2.11 bits per heavy atom. The summed E-state index contributed by atoms with van der Waals surface area (Å²) in [5.41, 5.74) is 9.17. The summed E-state index contributed by atoms with van der Waals surface area (Å²) in [4.78, 5) is 4.14. The van der Waals surface area contributed by atoms with E-state index in [1.807, 2.05) is 12.1 Å². The number of nitrogens with one attached hydrogen (secondary N) is 1. The maximum absolute atomic E-state index is 5.62. The van der Waals surface area contributed by atoms with Gasteiger partial charge in [0.15, 0.2) is 0 Å². The van der Waals surface area contributed by atoms with Crippen molar-refractivity contribution in [3.05, 3.63) is 23.8 Å². The second-order valence-electron chi connectivity index (χ2n) is 3.60. The molecule has 0 amide bonds. The molecule has 0 fully saturated rings. The van der Waals surface area contributed by atoms with Crippen molar-refractivity contribution in [2.24, 2.45) is 16.6 Å². The number of hydrogen-bond acceptors (Lipinski definition) is 5. The summed E-state index contributed by atoms with van der Waals surface area (Å²) in [6.45, 7) is 0.389. The quantitative estimate of drug-likeness (QED) is 0.292. The highest BCUT2D eigenvalue weighted by Crippen LogP contribution is 2.24. The number of guanidine groups is 1. The lowest BCUT2D eigenvalue weighted by Crippen LogP contribution is -2.47. The molecule has 7 heteroatoms. The summed E-state index contributed by atoms with van der Waals surface area (Å²) in [5.74, 6) is 7.04. The van der Waals surface area contributed by atoms with Gasteiger partial charge in [0, 0.05) is 18.7 Å². The maximum Gasteiger partial charge on any atom is 0.204 e. The zero-order valence-corrected chi connectivity index (χ0v) is 10.8. The van der Waals surface area contributed by atoms with E-state index in [2.05, 4.69) is 10.4 Å². The standard InChI is InChI=1S/C11H19N5O2/c1-16(13)15-11(12)14-7-8-4-5-9(17-2)6-10(8)18-3/h4-6H,7,13H2,1-3H3,(H3,12,14,15). The van der Waals surface area contributed by atoms with Crippen molar-refractivity contribution in [1.82, 2.24) is 10.5 Å². The van der Waals surface area contributed by atoms with Crippen LogP contribution in [-0.2, 0) is 6.54 Å². The monoisotopic (exact) mass is 253 g/mol. The number of rotatable bonds is 5. The van der Waals surface area contributed by atoms with Crippen LogP contribution in [0.1, 0.15) is 5.56 Å². The summed E-state index contributed by atoms with van der Waals surface area (Å²) in [7, 11) is 4.82. The van der Waals surface area contributed by atoms with Gasteiger partial charge in [0.25, 0.3) is 0 Å². The zero-order chi connectivity index (χ0) is 13.5. The Labute approximate surface area is 106 Å². The largest absolute Gasteiger partial charge is 0.497 e. The van der Waals surface area contributed by atoms with E-state index in [4.69, 9.17) is 21.1 Å². The fourth-order valence-electron chi connectivity index (χ4n) is 1.37. The first kappa shape index (κ1) is 14.1. The molecule has 0 saturated carbocycles. The van der Waals surface area contributed by atoms with Crippen molar-refractivity contribution < 1.29 is 9.47 Å². The SMILES string of the molecule is COc1ccc(CN=C(N)NN(C)N)c(OC)c1. The number of methoxy groups -OCH3 is 2. The first-order valence-electron chi connectivity index (χ1n) is 5.32. The third kappa shape index (κ3) is 4.11. The number of aliphatic imine (C=N–C) groups is 1. The molecular formula is C11H19N5O2. The van der Waals surface area contributed by atoms with Crippen LogP contribution in [0.4, 0.5) is 0 Å². The molecule has 5 N–H and O–H groups in total. The van der Waals surface area contributed by atoms with Crippen molar-refractivity contribution in [3.8, 4) is 11.5 Å². The summed E-state index contributed by atoms with van der Waals surface area (Å²) in [6.07, 6.45) is 0. The van der Waals surface area contributed by atoms with Gasteiger partial charge in [0.1, 0.15) is 11.5 Å². The van der Waals surface area contributed by atoms with Gasteiger partial charge in [-0.1, -0.05) is 0 Å². The predicted molar refractivity (Wildman–Crippen MR) is 70.0 cm³/mol. The van der Waals surface area contributed by atoms with Gasteiger partial charge in [-0.3, -0.25) is 11.3 Å². The lowest BCUT2D eigenvalue weighted by atomic mass is 10.2. The first-order chi connectivity index (χ1) is 8.56. The van der Waals surface area contributed by atoms with Gasteiger partial charge in [-0.2, -0.15) is 5.12 Å². The van der Waals surface area contributed by atoms with Gasteiger partial charge in [0.2, 0.25) is 5.96 Å². The number of benzene rings is 1. The predicted octanol–water partition coefficient (Wildman–Crippen LogP) is -0.171. The second-order valence-corrected chi connectivity index (χ2v) is 3.60. The van der Waals surface area contributed by atoms with Crippen molar-refractivity contribution in [1.29, 1.82) is 0 Å². The lowest BCUT2D eigenvalue weighted by molar-refractivity contribution is 0.302. The molecule has 0 saturated heterocycles. The van der Waals surface area contributed by atoms with Gasteiger partial charge in [-0.05, 0) is 12.1 Å². The van der Waals surface area contributed by atoms with Crippen LogP contribution < -0.4 is 26.5 Å². The Morgan fingerprint density at radius 3 is 2.67 bits per heavy atom. The number of ether oxygens (including phenoxy) is 2. The Hall–Kier alpha value is -1.99. The smallest absolute Gasteiger partial charge is 0.204 e. The highest BCUT2D eigenvalue weighted by Gasteiger charge is 2.04. The Bertz CT molecular complexity index is 420. The third-order valence-corrected chi connectivity index (χ3v) is 2.20. The topological polar surface area (TPSA) is 98.1 Å². The van der Waals surface area contributed by atoms with Crippen LogP contribution in [0.15, 0.2) is 23.2 Å². The molecule has 0 bridgehead atoms. The average molecular weight is 253 g/mol. The number of hydrogen-bond donors (Lipinski definition) is 3. The molecule has 0 radical (unpaired) electrons. The van der Waals surface area contributed by atoms with E-state index in [1.165, 1.54) is 5.12 Å². The molecule has 100 valence electrons. The van der Waals surface area contributed by atoms with Crippen molar-refractivity contribution in [2.75, 3.05) is 21.3 Å². The summed E-state index contributed by atoms with van der Waals surface area (Å²) >= 11 is 0. The average Bonchev–Trinajstić information content (AvgIpc) is 2.35. The molecule has 1 rings (SSSR count). The maximum atomic E-state index is 5.62. The number of nitrogens with zero attached hydrogens (tertiary/aromatic N) is 2. The van der Waals surface area contributed by atoms with Gasteiger partial charge < -0.3 is 15.2 Å². The minimum Gasteiger partial charge on any atom is -0.497 e. The van der Waals surface area contributed by atoms with Crippen LogP contribution in [0.5, 0.6) is 11.5 Å². The van der Waals surface area contributed by atoms with E-state index in [9.17, 15) is 0 Å². The highest BCUT2D eigenvalue weighted by molar-refractivity contribution is 5.77. The van der Waals surface area contributed by atoms with E-state index in [0.29, 0.717) is 12.3 Å². The lowest BCUT2D eigenvalue weighted by Gasteiger charge is -2.12. The highest BCUT2D eigenvalue weighted by atomic mass is 16.5. The zero-order valence-electron chi connectivity index (χ0n) is 10.8. The fraction of sp³-hybridized carbons (Fsp3) is 0.364. The van der Waals surface area contributed by atoms with Crippen LogP contribution in [0.2, 0.25) is 0 Å². The number of nitrogens with two attached hydrogens (primary N) is 2. The Kier molecular flexibility index (Phi) is 5.22. The summed E-state index contributed by atoms with van der Waals surface area (Å²) in [6, 6.07) is 5.51. The van der Waals surface area contributed by atoms with E-state index in [0.717, 1.165) is 11.3 Å². The normalized spacial score (nSPS) is 11.5. The van der Waals surface area contributed by atoms with Gasteiger partial charge in [-0.15, -0.1) is 0 Å². The minimum absolute atomic E-state index is 0.234. The van der Waals surface area contributed by atoms with Crippen molar-refractivity contribution in [3.63, 3.8) is 0 Å². The molecular weight excluding hydrogens is 234 g/mol. The molecule has 0 heterocycles. The molecule has 0 aromatic heterocycles. The van der Waals surface area contributed by atoms with Gasteiger partial charge in [0.05, 0.1) is 20.8 Å². The minimum atomic E-state index is 0.234. The Balaban J connectivity index is 2.78. The van der Waals surface area contributed by atoms with Crippen molar-refractivity contribution in [2.45, 2.75) is 6.54 Å². The molecule has 0 spiro atoms. The van der Waals surface area contributed by atoms with Crippen LogP contribution in [-0.4, -0.2) is 32.3 Å². The van der Waals surface area contributed by atoms with Crippen LogP contribution >= 0.6 is 0 Å². The molecule has 0 aliphatic rings. The third-order valence-electron chi connectivity index (χ3n) is 2.20. The van der Waals surface area contributed by atoms with E-state index >= 15 is 0 Å². The van der Waals surface area contributed by atoms with Crippen LogP contribution in [0, 0.1) is 0 Å². The molecule has 0 aliphatic carbocycles. The van der Waals surface area contributed by atoms with Crippen molar-refractivity contribution >= 4 is 5.96 Å². The van der Waals surface area contributed by atoms with Crippen LogP contribution in [0.3, 0.4) is 0 Å². The number of hydrazine groups is 2. The van der Waals surface area contributed by atoms with Crippen LogP contribution in [0.25, 0.3) is 0 Å². The molecule has 18 heavy (non-hydrogen) atoms. The fourth-order valence-corrected chi connectivity index (χ4v) is 1.37. The Morgan fingerprint density at radius 1 is 1.39 bits per heavy atom. The summed E-state index contributed by atoms with van der Waals surface area (Å²) < 4.78 is 10.4. The van der Waals surface area contributed by atoms with Gasteiger partial charge >= 0.3 is 0 Å². The van der Waals surface area contributed by atoms with E-state index in [-0.39, 0.29) is 5.96 Å². The molecule has 0 aliphatic heterocycles. The summed E-state index contributed by atoms with van der Waals surface area (Å²) in [5, 5.41) is 1.23. The van der Waals surface area contributed by atoms with E-state index in [1.54, 1.807) is 27.3 Å². The first-order valence-corrected chi connectivity index (χ1v) is 5.32. The molecule has 1 aromatic rings. The van der Waals surface area contributed by atoms with E-state index < -0.39 is 0 Å². The molecule has 0 unspecified atom stereocenters. The van der Waals surface area contributed by atoms with Gasteiger partial charge in [-0.25, -0.2) is 4.99 Å². The second kappa shape index (κ2) is 6.67.